The number of rotatable bonds is 9. The predicted molar refractivity (Wildman–Crippen MR) is 84.0 cm³/mol. The van der Waals surface area contributed by atoms with Gasteiger partial charge in [0.25, 0.3) is 0 Å². The molecule has 1 amide bonds. The van der Waals surface area contributed by atoms with E-state index >= 15 is 0 Å². The van der Waals surface area contributed by atoms with Crippen LogP contribution in [0.2, 0.25) is 0 Å². The van der Waals surface area contributed by atoms with Crippen LogP contribution in [-0.4, -0.2) is 26.3 Å². The number of nitrogens with one attached hydrogen (secondary N) is 1. The molecule has 0 aromatic heterocycles. The molecule has 0 spiro atoms. The van der Waals surface area contributed by atoms with E-state index in [0.717, 1.165) is 24.8 Å². The van der Waals surface area contributed by atoms with Crippen LogP contribution in [0.1, 0.15) is 44.6 Å². The second-order valence-corrected chi connectivity index (χ2v) is 4.71. The van der Waals surface area contributed by atoms with E-state index in [0.29, 0.717) is 17.9 Å². The van der Waals surface area contributed by atoms with E-state index in [2.05, 4.69) is 17.5 Å². The standard InChI is InChI=1S/C16H24N2O3/c1-4-5-6-7-8-16(19)18-17-12-13-9-10-14(20-2)11-15(13)21-3/h9-12H,4-8H2,1-3H3,(H,18,19). The molecule has 116 valence electrons. The maximum absolute atomic E-state index is 11.6. The third-order valence-electron chi connectivity index (χ3n) is 3.09. The lowest BCUT2D eigenvalue weighted by Gasteiger charge is -2.06. The molecular weight excluding hydrogens is 268 g/mol. The molecule has 0 radical (unpaired) electrons. The summed E-state index contributed by atoms with van der Waals surface area (Å²) >= 11 is 0. The van der Waals surface area contributed by atoms with Gasteiger partial charge in [-0.05, 0) is 18.6 Å². The van der Waals surface area contributed by atoms with Gasteiger partial charge in [0.1, 0.15) is 11.5 Å². The summed E-state index contributed by atoms with van der Waals surface area (Å²) in [6, 6.07) is 5.42. The Balaban J connectivity index is 2.47. The van der Waals surface area contributed by atoms with Crippen molar-refractivity contribution in [3.63, 3.8) is 0 Å². The molecule has 0 atom stereocenters. The molecule has 0 saturated carbocycles. The molecule has 1 aromatic rings. The predicted octanol–water partition coefficient (Wildman–Crippen LogP) is 3.12. The second-order valence-electron chi connectivity index (χ2n) is 4.71. The van der Waals surface area contributed by atoms with E-state index in [4.69, 9.17) is 9.47 Å². The van der Waals surface area contributed by atoms with Crippen molar-refractivity contribution in [1.82, 2.24) is 5.43 Å². The highest BCUT2D eigenvalue weighted by Crippen LogP contribution is 2.22. The second kappa shape index (κ2) is 9.80. The Morgan fingerprint density at radius 3 is 2.71 bits per heavy atom. The molecule has 5 nitrogen and oxygen atoms in total. The lowest BCUT2D eigenvalue weighted by atomic mass is 10.1. The Morgan fingerprint density at radius 1 is 1.24 bits per heavy atom. The van der Waals surface area contributed by atoms with E-state index in [-0.39, 0.29) is 5.91 Å². The summed E-state index contributed by atoms with van der Waals surface area (Å²) in [6.07, 6.45) is 6.40. The molecule has 0 fully saturated rings. The van der Waals surface area contributed by atoms with Crippen molar-refractivity contribution < 1.29 is 14.3 Å². The molecule has 21 heavy (non-hydrogen) atoms. The highest BCUT2D eigenvalue weighted by molar-refractivity contribution is 5.85. The van der Waals surface area contributed by atoms with Crippen molar-refractivity contribution in [1.29, 1.82) is 0 Å². The van der Waals surface area contributed by atoms with E-state index in [1.54, 1.807) is 26.5 Å². The maximum atomic E-state index is 11.6. The van der Waals surface area contributed by atoms with Gasteiger partial charge in [0.05, 0.1) is 20.4 Å². The number of ether oxygens (including phenoxy) is 2. The summed E-state index contributed by atoms with van der Waals surface area (Å²) in [6.45, 7) is 2.15. The normalized spacial score (nSPS) is 10.6. The molecule has 0 aliphatic rings. The van der Waals surface area contributed by atoms with Gasteiger partial charge in [0.2, 0.25) is 5.91 Å². The SMILES string of the molecule is CCCCCCC(=O)NN=Cc1ccc(OC)cc1OC. The monoisotopic (exact) mass is 292 g/mol. The van der Waals surface area contributed by atoms with E-state index in [1.165, 1.54) is 6.42 Å². The smallest absolute Gasteiger partial charge is 0.240 e. The minimum Gasteiger partial charge on any atom is -0.497 e. The van der Waals surface area contributed by atoms with Crippen molar-refractivity contribution in [3.8, 4) is 11.5 Å². The number of nitrogens with zero attached hydrogens (tertiary/aromatic N) is 1. The van der Waals surface area contributed by atoms with Crippen LogP contribution in [0.15, 0.2) is 23.3 Å². The maximum Gasteiger partial charge on any atom is 0.240 e. The van der Waals surface area contributed by atoms with Crippen molar-refractivity contribution in [2.75, 3.05) is 14.2 Å². The largest absolute Gasteiger partial charge is 0.497 e. The number of methoxy groups -OCH3 is 2. The van der Waals surface area contributed by atoms with E-state index < -0.39 is 0 Å². The molecule has 0 saturated heterocycles. The average Bonchev–Trinajstić information content (AvgIpc) is 2.51. The van der Waals surface area contributed by atoms with Crippen molar-refractivity contribution in [3.05, 3.63) is 23.8 Å². The van der Waals surface area contributed by atoms with Crippen molar-refractivity contribution in [2.24, 2.45) is 5.10 Å². The van der Waals surface area contributed by atoms with Gasteiger partial charge >= 0.3 is 0 Å². The lowest BCUT2D eigenvalue weighted by Crippen LogP contribution is -2.16. The number of hydrogen-bond acceptors (Lipinski definition) is 4. The van der Waals surface area contributed by atoms with Crippen LogP contribution in [0.3, 0.4) is 0 Å². The van der Waals surface area contributed by atoms with Gasteiger partial charge < -0.3 is 9.47 Å². The van der Waals surface area contributed by atoms with E-state index in [9.17, 15) is 4.79 Å². The zero-order valence-electron chi connectivity index (χ0n) is 13.0. The van der Waals surface area contributed by atoms with Crippen LogP contribution >= 0.6 is 0 Å². The highest BCUT2D eigenvalue weighted by Gasteiger charge is 2.03. The van der Waals surface area contributed by atoms with Crippen LogP contribution in [0.25, 0.3) is 0 Å². The summed E-state index contributed by atoms with van der Waals surface area (Å²) in [5.74, 6) is 1.30. The molecule has 5 heteroatoms. The summed E-state index contributed by atoms with van der Waals surface area (Å²) in [5.41, 5.74) is 3.31. The third-order valence-corrected chi connectivity index (χ3v) is 3.09. The Labute approximate surface area is 126 Å². The molecule has 0 bridgehead atoms. The molecule has 0 unspecified atom stereocenters. The van der Waals surface area contributed by atoms with Gasteiger partial charge in [-0.2, -0.15) is 5.10 Å². The number of benzene rings is 1. The zero-order valence-corrected chi connectivity index (χ0v) is 13.0. The zero-order chi connectivity index (χ0) is 15.5. The highest BCUT2D eigenvalue weighted by atomic mass is 16.5. The first-order valence-corrected chi connectivity index (χ1v) is 7.25. The summed E-state index contributed by atoms with van der Waals surface area (Å²) in [5, 5.41) is 3.96. The van der Waals surface area contributed by atoms with Crippen molar-refractivity contribution in [2.45, 2.75) is 39.0 Å². The first kappa shape index (κ1) is 17.0. The number of unbranched alkanes of at least 4 members (excludes halogenated alkanes) is 3. The first-order chi connectivity index (χ1) is 10.2. The number of amides is 1. The topological polar surface area (TPSA) is 59.9 Å². The lowest BCUT2D eigenvalue weighted by molar-refractivity contribution is -0.121. The first-order valence-electron chi connectivity index (χ1n) is 7.25. The molecule has 0 aliphatic heterocycles. The molecule has 0 aliphatic carbocycles. The molecule has 1 rings (SSSR count). The summed E-state index contributed by atoms with van der Waals surface area (Å²) in [4.78, 5) is 11.6. The Kier molecular flexibility index (Phi) is 7.94. The van der Waals surface area contributed by atoms with Crippen LogP contribution in [0.5, 0.6) is 11.5 Å². The minimum atomic E-state index is -0.0603. The number of carbonyl (C=O) groups is 1. The number of hydrogen-bond donors (Lipinski definition) is 1. The molecule has 1 aromatic carbocycles. The van der Waals surface area contributed by atoms with Crippen LogP contribution in [0, 0.1) is 0 Å². The Bertz CT molecular complexity index is 473. The number of hydrazone groups is 1. The van der Waals surface area contributed by atoms with Crippen molar-refractivity contribution >= 4 is 12.1 Å². The summed E-state index contributed by atoms with van der Waals surface area (Å²) in [7, 11) is 3.18. The fourth-order valence-electron chi connectivity index (χ4n) is 1.87. The quantitative estimate of drug-likeness (QED) is 0.432. The molecule has 1 N–H and O–H groups in total. The third kappa shape index (κ3) is 6.29. The fourth-order valence-corrected chi connectivity index (χ4v) is 1.87. The van der Waals surface area contributed by atoms with Gasteiger partial charge in [-0.15, -0.1) is 0 Å². The van der Waals surface area contributed by atoms with Gasteiger partial charge in [-0.3, -0.25) is 4.79 Å². The van der Waals surface area contributed by atoms with Crippen LogP contribution in [-0.2, 0) is 4.79 Å². The van der Waals surface area contributed by atoms with Gasteiger partial charge in [-0.25, -0.2) is 5.43 Å². The van der Waals surface area contributed by atoms with Gasteiger partial charge in [-0.1, -0.05) is 26.2 Å². The molecule has 0 heterocycles. The Hall–Kier alpha value is -2.04. The number of carbonyl (C=O) groups excluding carboxylic acids is 1. The average molecular weight is 292 g/mol. The minimum absolute atomic E-state index is 0.0603. The molecular formula is C16H24N2O3. The fraction of sp³-hybridized carbons (Fsp3) is 0.500. The summed E-state index contributed by atoms with van der Waals surface area (Å²) < 4.78 is 10.4. The van der Waals surface area contributed by atoms with Gasteiger partial charge in [0, 0.05) is 18.1 Å². The van der Waals surface area contributed by atoms with Crippen LogP contribution in [0.4, 0.5) is 0 Å². The van der Waals surface area contributed by atoms with Crippen LogP contribution < -0.4 is 14.9 Å². The van der Waals surface area contributed by atoms with Gasteiger partial charge in [0.15, 0.2) is 0 Å². The van der Waals surface area contributed by atoms with E-state index in [1.807, 2.05) is 12.1 Å². The Morgan fingerprint density at radius 2 is 2.05 bits per heavy atom.